The zero-order chi connectivity index (χ0) is 97.6. The molecule has 15 heterocycles. The summed E-state index contributed by atoms with van der Waals surface area (Å²) in [7, 11) is 0. The second-order valence-electron chi connectivity index (χ2n) is 36.8. The number of fused-ring (bicyclic) bond motifs is 12. The third-order valence-corrected chi connectivity index (χ3v) is 27.7. The fourth-order valence-corrected chi connectivity index (χ4v) is 20.2. The number of anilines is 1. The second-order valence-corrected chi connectivity index (χ2v) is 36.8. The number of nitrogens with zero attached hydrogens (tertiary/aromatic N) is 16. The monoisotopic (exact) mass is 1910 g/mol. The molecule has 0 radical (unpaired) electrons. The van der Waals surface area contributed by atoms with Crippen LogP contribution in [0.2, 0.25) is 0 Å². The maximum Gasteiger partial charge on any atom is 0.261 e. The molecule has 0 amide bonds. The molecule has 5 fully saturated rings. The summed E-state index contributed by atoms with van der Waals surface area (Å²) < 4.78 is 40.9. The van der Waals surface area contributed by atoms with Gasteiger partial charge in [0.2, 0.25) is 5.88 Å². The minimum absolute atomic E-state index is 0.116. The zero-order valence-electron chi connectivity index (χ0n) is 79.1. The highest BCUT2D eigenvalue weighted by atomic mass is 16.5. The molecule has 0 saturated carbocycles. The van der Waals surface area contributed by atoms with Crippen LogP contribution in [0, 0.1) is 6.92 Å². The summed E-state index contributed by atoms with van der Waals surface area (Å²) in [6.45, 7) is 10.8. The van der Waals surface area contributed by atoms with Crippen LogP contribution in [-0.2, 0) is 49.4 Å². The Morgan fingerprint density at radius 2 is 0.783 bits per heavy atom. The molecular formula is C113H106N16O14. The summed E-state index contributed by atoms with van der Waals surface area (Å²) in [6.07, 6.45) is 20.9. The minimum Gasteiger partial charge on any atom is -0.477 e. The van der Waals surface area contributed by atoms with Gasteiger partial charge in [0, 0.05) is 121 Å². The van der Waals surface area contributed by atoms with Crippen molar-refractivity contribution >= 4 is 92.4 Å². The fraction of sp³-hybridized carbons (Fsp3) is 0.274. The number of rotatable bonds is 18. The third kappa shape index (κ3) is 19.8. The molecule has 9 aromatic carbocycles. The smallest absolute Gasteiger partial charge is 0.261 e. The molecule has 30 heteroatoms. The van der Waals surface area contributed by atoms with Crippen molar-refractivity contribution < 1.29 is 48.8 Å². The van der Waals surface area contributed by atoms with E-state index in [0.717, 1.165) is 142 Å². The highest BCUT2D eigenvalue weighted by Crippen LogP contribution is 2.37. The summed E-state index contributed by atoms with van der Waals surface area (Å²) in [5, 5.41) is 56.3. The second kappa shape index (κ2) is 42.3. The summed E-state index contributed by atoms with van der Waals surface area (Å²) in [6, 6.07) is 68.8. The van der Waals surface area contributed by atoms with Crippen LogP contribution in [0.5, 0.6) is 5.88 Å². The van der Waals surface area contributed by atoms with Gasteiger partial charge < -0.3 is 53.7 Å². The van der Waals surface area contributed by atoms with E-state index in [1.807, 2.05) is 203 Å². The lowest BCUT2D eigenvalue weighted by Gasteiger charge is -2.29. The van der Waals surface area contributed by atoms with E-state index in [9.17, 15) is 39.6 Å². The molecule has 722 valence electrons. The van der Waals surface area contributed by atoms with Crippen LogP contribution in [0.4, 0.5) is 5.69 Å². The van der Waals surface area contributed by atoms with E-state index in [0.29, 0.717) is 147 Å². The first-order valence-electron chi connectivity index (χ1n) is 48.6. The van der Waals surface area contributed by atoms with Crippen LogP contribution < -0.4 is 31.9 Å². The molecule has 0 bridgehead atoms. The first-order chi connectivity index (χ1) is 70.1. The van der Waals surface area contributed by atoms with Gasteiger partial charge in [-0.15, -0.1) is 0 Å². The summed E-state index contributed by atoms with van der Waals surface area (Å²) in [5.74, 6) is 1.31. The molecule has 30 nitrogen and oxygen atoms in total. The Bertz CT molecular complexity index is 8130. The van der Waals surface area contributed by atoms with E-state index < -0.39 is 36.5 Å². The van der Waals surface area contributed by atoms with Crippen LogP contribution in [0.1, 0.15) is 107 Å². The Morgan fingerprint density at radius 3 is 1.20 bits per heavy atom. The van der Waals surface area contributed by atoms with Gasteiger partial charge in [-0.3, -0.25) is 52.4 Å². The van der Waals surface area contributed by atoms with Crippen molar-refractivity contribution in [2.75, 3.05) is 90.7 Å². The lowest BCUT2D eigenvalue weighted by Crippen LogP contribution is -2.39. The van der Waals surface area contributed by atoms with Gasteiger partial charge in [0.1, 0.15) is 0 Å². The van der Waals surface area contributed by atoms with Gasteiger partial charge in [-0.1, -0.05) is 127 Å². The van der Waals surface area contributed by atoms with Crippen molar-refractivity contribution in [2.24, 2.45) is 0 Å². The first-order valence-corrected chi connectivity index (χ1v) is 48.6. The van der Waals surface area contributed by atoms with E-state index in [-0.39, 0.29) is 47.5 Å². The molecule has 0 unspecified atom stereocenters. The molecule has 5 aliphatic rings. The summed E-state index contributed by atoms with van der Waals surface area (Å²) >= 11 is 0. The maximum atomic E-state index is 13.6. The summed E-state index contributed by atoms with van der Waals surface area (Å²) in [4.78, 5) is 98.0. The Hall–Kier alpha value is -15.2. The highest BCUT2D eigenvalue weighted by molar-refractivity contribution is 6.10. The van der Waals surface area contributed by atoms with Gasteiger partial charge in [-0.25, -0.2) is 34.6 Å². The SMILES string of the molecule is CCOc1ncccc1-c1ccc(Cc2cc3c(=O)n([C@H]4CCOC[C@@H]4O)cnc3c3ccccc23)cn1.Cc1ccc(-c2ccc(Cc3cc4c(=O)n([C@H]5COCC[C@@H]5O)cnc4c4ccccc34)cn2)cn1.O=c1c2cc(Cc3ccc(-n4cccn4)nc3)c3ccccc3c2ncn1[C@H]1COCC[C@@H]1O.O=c1c2cc(Cc3cccc(N4CCOCC4)c3)c3ccccc3c2ncn1[C@H]1CCOC[C@@H]1O. The van der Waals surface area contributed by atoms with Gasteiger partial charge in [-0.05, 0) is 216 Å². The maximum absolute atomic E-state index is 13.6. The lowest BCUT2D eigenvalue weighted by molar-refractivity contribution is -0.0395. The number of hydrogen-bond donors (Lipinski definition) is 4. The Kier molecular flexibility index (Phi) is 27.8. The number of ether oxygens (including phenoxy) is 6. The van der Waals surface area contributed by atoms with Gasteiger partial charge >= 0.3 is 0 Å². The fourth-order valence-electron chi connectivity index (χ4n) is 20.2. The highest BCUT2D eigenvalue weighted by Gasteiger charge is 2.33. The van der Waals surface area contributed by atoms with Crippen LogP contribution in [-0.4, -0.2) is 204 Å². The number of aliphatic hydroxyl groups excluding tert-OH is 4. The molecule has 143 heavy (non-hydrogen) atoms. The van der Waals surface area contributed by atoms with Crippen molar-refractivity contribution in [1.82, 2.24) is 72.9 Å². The molecular weight excluding hydrogens is 1810 g/mol. The number of aliphatic hydroxyl groups is 4. The van der Waals surface area contributed by atoms with E-state index in [4.69, 9.17) is 38.4 Å². The molecule has 5 aliphatic heterocycles. The van der Waals surface area contributed by atoms with Crippen molar-refractivity contribution in [3.63, 3.8) is 0 Å². The average Bonchev–Trinajstić information content (AvgIpc) is 0.907. The van der Waals surface area contributed by atoms with Crippen LogP contribution >= 0.6 is 0 Å². The lowest BCUT2D eigenvalue weighted by atomic mass is 9.95. The van der Waals surface area contributed by atoms with E-state index in [1.54, 1.807) is 45.2 Å². The topological polar surface area (TPSA) is 361 Å². The molecule has 5 saturated heterocycles. The number of hydrogen-bond acceptors (Lipinski definition) is 25. The summed E-state index contributed by atoms with van der Waals surface area (Å²) in [5.41, 5.74) is 16.2. The van der Waals surface area contributed by atoms with Crippen molar-refractivity contribution in [1.29, 1.82) is 0 Å². The predicted molar refractivity (Wildman–Crippen MR) is 549 cm³/mol. The van der Waals surface area contributed by atoms with Crippen molar-refractivity contribution in [3.05, 3.63) is 373 Å². The number of morpholine rings is 1. The van der Waals surface area contributed by atoms with E-state index in [2.05, 4.69) is 99.5 Å². The van der Waals surface area contributed by atoms with Gasteiger partial charge in [0.05, 0.1) is 181 Å². The van der Waals surface area contributed by atoms with Gasteiger partial charge in [-0.2, -0.15) is 5.10 Å². The number of aryl methyl sites for hydroxylation is 1. The average molecular weight is 1910 g/mol. The Morgan fingerprint density at radius 1 is 0.350 bits per heavy atom. The zero-order valence-corrected chi connectivity index (χ0v) is 79.1. The van der Waals surface area contributed by atoms with Crippen LogP contribution in [0.25, 0.3) is 115 Å². The quantitative estimate of drug-likeness (QED) is 0.0580. The molecule has 4 N–H and O–H groups in total. The van der Waals surface area contributed by atoms with Crippen LogP contribution in [0.3, 0.4) is 0 Å². The number of pyridine rings is 5. The molecule has 0 spiro atoms. The van der Waals surface area contributed by atoms with Gasteiger partial charge in [0.25, 0.3) is 22.2 Å². The molecule has 24 rings (SSSR count). The standard InChI is InChI=1S/C30H28N4O4.C29H26N4O3.C28H29N3O4.C26H23N5O3/c1-2-38-29-23(8-5-12-31-29)25-10-9-19(16-32-25)14-20-15-24-28(22-7-4-3-6-21(20)22)33-18-34(30(24)36)26-11-13-37-17-27(26)35;1-18-6-8-20(15-30-18)25-9-7-19(14-31-25)12-21-13-24-28(23-5-3-2-4-22(21)23)32-17-33(29(24)35)26-16-36-11-10-27(26)34;32-26-17-35-11-8-25(26)31-18-29-27-23-7-2-1-6-22(23)20(16-24(27)28(31)33)14-19-4-3-5-21(15-19)30-9-12-34-13-10-30;32-23-8-11-34-15-22(23)30-16-28-25-20-5-2-1-4-19(20)18(13-21(25)26(30)33)12-17-6-7-24(27-14-17)31-10-3-9-29-31/h3-10,12,15-16,18,26-27,35H,2,11,13-14,17H2,1H3;2-9,13-15,17,26-27,34H,10-12,16H2,1H3;1-7,15-16,18,25-26,32H,8-14,17H2;1-7,9-10,13-14,16,22-23,32H,8,11-12,15H2/t2*26-,27-;25-,26-;22-,23-/m0000/s1. The van der Waals surface area contributed by atoms with E-state index >= 15 is 0 Å². The van der Waals surface area contributed by atoms with Crippen molar-refractivity contribution in [2.45, 2.75) is 114 Å². The molecule has 10 aromatic heterocycles. The van der Waals surface area contributed by atoms with Gasteiger partial charge in [0.15, 0.2) is 5.82 Å². The number of aromatic nitrogens is 15. The molecule has 19 aromatic rings. The molecule has 8 atom stereocenters. The van der Waals surface area contributed by atoms with Crippen LogP contribution in [0.15, 0.2) is 300 Å². The van der Waals surface area contributed by atoms with E-state index in [1.165, 1.54) is 26.7 Å². The Balaban J connectivity index is 0.000000113. The predicted octanol–water partition coefficient (Wildman–Crippen LogP) is 14.9. The third-order valence-electron chi connectivity index (χ3n) is 27.7. The Labute approximate surface area is 820 Å². The minimum atomic E-state index is -0.742. The normalized spacial score (nSPS) is 18.8. The number of benzene rings is 9. The first kappa shape index (κ1) is 94.0. The van der Waals surface area contributed by atoms with Crippen molar-refractivity contribution in [3.8, 4) is 34.2 Å². The molecule has 0 aliphatic carbocycles. The largest absolute Gasteiger partial charge is 0.477 e.